The highest BCUT2D eigenvalue weighted by molar-refractivity contribution is 8.03. The van der Waals surface area contributed by atoms with E-state index in [1.165, 1.54) is 23.0 Å². The van der Waals surface area contributed by atoms with Gasteiger partial charge in [-0.2, -0.15) is 0 Å². The van der Waals surface area contributed by atoms with Gasteiger partial charge in [0.1, 0.15) is 5.70 Å². The highest BCUT2D eigenvalue weighted by Crippen LogP contribution is 2.52. The number of β-lactam (4-membered cyclic amide) rings is 1. The van der Waals surface area contributed by atoms with E-state index in [4.69, 9.17) is 5.41 Å². The Balaban J connectivity index is 1.45. The average Bonchev–Trinajstić information content (AvgIpc) is 3.23. The predicted molar refractivity (Wildman–Crippen MR) is 119 cm³/mol. The zero-order valence-electron chi connectivity index (χ0n) is 18.6. The van der Waals surface area contributed by atoms with Crippen LogP contribution in [-0.4, -0.2) is 117 Å². The molecule has 176 valence electrons. The Morgan fingerprint density at radius 1 is 1.25 bits per heavy atom. The third kappa shape index (κ3) is 3.69. The van der Waals surface area contributed by atoms with Gasteiger partial charge in [-0.15, -0.1) is 11.8 Å². The molecule has 3 saturated heterocycles. The molecule has 0 aromatic heterocycles. The minimum absolute atomic E-state index is 0.0367. The van der Waals surface area contributed by atoms with Crippen LogP contribution in [0, 0.1) is 17.2 Å². The number of carbonyl (C=O) groups excluding carboxylic acids is 2. The van der Waals surface area contributed by atoms with Gasteiger partial charge in [0.05, 0.1) is 30.4 Å². The van der Waals surface area contributed by atoms with E-state index in [-0.39, 0.29) is 40.8 Å². The van der Waals surface area contributed by atoms with Gasteiger partial charge in [0, 0.05) is 48.8 Å². The number of nitrogens with one attached hydrogen (secondary N) is 1. The number of fused-ring (bicyclic) bond motifs is 1. The second kappa shape index (κ2) is 8.68. The summed E-state index contributed by atoms with van der Waals surface area (Å²) in [6.45, 7) is 6.66. The van der Waals surface area contributed by atoms with E-state index in [1.54, 1.807) is 6.92 Å². The van der Waals surface area contributed by atoms with E-state index < -0.39 is 18.0 Å². The Morgan fingerprint density at radius 3 is 2.47 bits per heavy atom. The first-order valence-electron chi connectivity index (χ1n) is 11.0. The van der Waals surface area contributed by atoms with Crippen molar-refractivity contribution in [1.29, 1.82) is 5.41 Å². The Hall–Kier alpha value is -2.11. The molecule has 4 aliphatic rings. The number of carboxylic acids is 1. The van der Waals surface area contributed by atoms with Crippen molar-refractivity contribution in [2.45, 2.75) is 43.7 Å². The van der Waals surface area contributed by atoms with E-state index in [2.05, 4.69) is 0 Å². The van der Waals surface area contributed by atoms with Gasteiger partial charge in [-0.25, -0.2) is 4.79 Å². The summed E-state index contributed by atoms with van der Waals surface area (Å²) in [7, 11) is 1.92. The van der Waals surface area contributed by atoms with E-state index in [1.807, 2.05) is 28.7 Å². The minimum atomic E-state index is -1.12. The van der Waals surface area contributed by atoms with Crippen LogP contribution < -0.4 is 0 Å². The lowest BCUT2D eigenvalue weighted by molar-refractivity contribution is -0.163. The lowest BCUT2D eigenvalue weighted by Gasteiger charge is -2.46. The first-order valence-corrected chi connectivity index (χ1v) is 11.9. The number of nitrogens with zero attached hydrogens (tertiary/aromatic N) is 4. The molecule has 32 heavy (non-hydrogen) atoms. The lowest BCUT2D eigenvalue weighted by atomic mass is 9.79. The maximum Gasteiger partial charge on any atom is 0.353 e. The smallest absolute Gasteiger partial charge is 0.353 e. The normalized spacial score (nSPS) is 33.9. The van der Waals surface area contributed by atoms with Gasteiger partial charge in [0.2, 0.25) is 11.8 Å². The van der Waals surface area contributed by atoms with Crippen molar-refractivity contribution in [3.63, 3.8) is 0 Å². The third-order valence-corrected chi connectivity index (χ3v) is 8.70. The number of carboxylic acid groups (broad SMARTS) is 1. The largest absolute Gasteiger partial charge is 0.477 e. The summed E-state index contributed by atoms with van der Waals surface area (Å²) in [5, 5.41) is 27.2. The summed E-state index contributed by atoms with van der Waals surface area (Å²) in [6, 6.07) is -0.578. The van der Waals surface area contributed by atoms with Crippen LogP contribution in [0.3, 0.4) is 0 Å². The van der Waals surface area contributed by atoms with E-state index >= 15 is 0 Å². The Morgan fingerprint density at radius 2 is 1.91 bits per heavy atom. The van der Waals surface area contributed by atoms with Crippen molar-refractivity contribution in [3.05, 3.63) is 10.6 Å². The lowest BCUT2D eigenvalue weighted by Crippen LogP contribution is -2.63. The molecule has 3 fully saturated rings. The zero-order valence-corrected chi connectivity index (χ0v) is 19.4. The molecular weight excluding hydrogens is 434 g/mol. The van der Waals surface area contributed by atoms with Crippen LogP contribution in [0.4, 0.5) is 0 Å². The summed E-state index contributed by atoms with van der Waals surface area (Å²) in [4.78, 5) is 45.4. The fourth-order valence-electron chi connectivity index (χ4n) is 5.47. The highest BCUT2D eigenvalue weighted by atomic mass is 32.2. The van der Waals surface area contributed by atoms with Crippen molar-refractivity contribution in [2.75, 3.05) is 39.8 Å². The summed E-state index contributed by atoms with van der Waals surface area (Å²) in [5.74, 6) is -2.11. The van der Waals surface area contributed by atoms with Gasteiger partial charge < -0.3 is 24.9 Å². The number of aliphatic hydroxyl groups excluding tert-OH is 1. The van der Waals surface area contributed by atoms with Gasteiger partial charge >= 0.3 is 5.97 Å². The Bertz CT molecular complexity index is 856. The topological polar surface area (TPSA) is 128 Å². The first kappa shape index (κ1) is 23.1. The van der Waals surface area contributed by atoms with Gasteiger partial charge in [0.25, 0.3) is 0 Å². The number of thioether (sulfide) groups is 1. The molecule has 0 saturated carbocycles. The average molecular weight is 466 g/mol. The van der Waals surface area contributed by atoms with Crippen LogP contribution in [0.15, 0.2) is 10.6 Å². The van der Waals surface area contributed by atoms with E-state index in [9.17, 15) is 24.6 Å². The predicted octanol–water partition coefficient (Wildman–Crippen LogP) is -0.303. The van der Waals surface area contributed by atoms with Crippen molar-refractivity contribution in [3.8, 4) is 0 Å². The number of rotatable bonds is 6. The SMILES string of the molecule is CC(O)C1C(=O)N2C(C(=O)O)=C(SC3CC(C(=O)N4CCN(C=N)CC4)N(C)C3)C(C)[C@H]12. The minimum Gasteiger partial charge on any atom is -0.477 e. The molecule has 5 unspecified atom stereocenters. The summed E-state index contributed by atoms with van der Waals surface area (Å²) >= 11 is 1.47. The number of aliphatic carboxylic acids is 1. The zero-order chi connectivity index (χ0) is 23.3. The molecule has 0 aromatic carbocycles. The number of carbonyl (C=O) groups is 3. The van der Waals surface area contributed by atoms with Gasteiger partial charge in [-0.05, 0) is 20.4 Å². The molecular formula is C21H31N5O5S. The molecule has 10 nitrogen and oxygen atoms in total. The van der Waals surface area contributed by atoms with Crippen molar-refractivity contribution in [2.24, 2.45) is 11.8 Å². The van der Waals surface area contributed by atoms with E-state index in [0.717, 1.165) is 0 Å². The van der Waals surface area contributed by atoms with Crippen LogP contribution in [0.1, 0.15) is 20.3 Å². The Labute approximate surface area is 191 Å². The Kier molecular flexibility index (Phi) is 6.25. The van der Waals surface area contributed by atoms with Crippen LogP contribution in [-0.2, 0) is 14.4 Å². The molecule has 4 aliphatic heterocycles. The molecule has 0 spiro atoms. The first-order chi connectivity index (χ1) is 15.1. The number of likely N-dealkylation sites (tertiary alicyclic amines) is 1. The van der Waals surface area contributed by atoms with Crippen LogP contribution in [0.2, 0.25) is 0 Å². The monoisotopic (exact) mass is 465 g/mol. The maximum absolute atomic E-state index is 13.1. The second-order valence-corrected chi connectivity index (χ2v) is 10.5. The molecule has 6 atom stereocenters. The van der Waals surface area contributed by atoms with Gasteiger partial charge in [-0.1, -0.05) is 6.92 Å². The van der Waals surface area contributed by atoms with Gasteiger partial charge in [-0.3, -0.25) is 19.9 Å². The van der Waals surface area contributed by atoms with Gasteiger partial charge in [0.15, 0.2) is 0 Å². The molecule has 0 aromatic rings. The number of hydrogen-bond donors (Lipinski definition) is 3. The van der Waals surface area contributed by atoms with Crippen LogP contribution >= 0.6 is 11.8 Å². The van der Waals surface area contributed by atoms with Crippen molar-refractivity contribution in [1.82, 2.24) is 19.6 Å². The molecule has 0 bridgehead atoms. The maximum atomic E-state index is 13.1. The fourth-order valence-corrected chi connectivity index (χ4v) is 7.07. The molecule has 2 amide bonds. The van der Waals surface area contributed by atoms with E-state index in [0.29, 0.717) is 44.0 Å². The number of piperazine rings is 1. The number of likely N-dealkylation sites (N-methyl/N-ethyl adjacent to an activating group) is 1. The quantitative estimate of drug-likeness (QED) is 0.277. The summed E-state index contributed by atoms with van der Waals surface area (Å²) in [5.41, 5.74) is 0.0367. The second-order valence-electron chi connectivity index (χ2n) is 9.19. The van der Waals surface area contributed by atoms with Crippen molar-refractivity contribution >= 4 is 35.9 Å². The van der Waals surface area contributed by atoms with Crippen molar-refractivity contribution < 1.29 is 24.6 Å². The molecule has 3 N–H and O–H groups in total. The highest BCUT2D eigenvalue weighted by Gasteiger charge is 2.60. The number of aliphatic hydroxyl groups is 1. The molecule has 4 rings (SSSR count). The molecule has 11 heteroatoms. The molecule has 0 radical (unpaired) electrons. The summed E-state index contributed by atoms with van der Waals surface area (Å²) < 4.78 is 0. The third-order valence-electron chi connectivity index (χ3n) is 7.21. The van der Waals surface area contributed by atoms with Crippen LogP contribution in [0.25, 0.3) is 0 Å². The molecule has 4 heterocycles. The number of hydrogen-bond acceptors (Lipinski definition) is 7. The molecule has 0 aliphatic carbocycles. The summed E-state index contributed by atoms with van der Waals surface area (Å²) in [6.07, 6.45) is 1.10. The van der Waals surface area contributed by atoms with Crippen LogP contribution in [0.5, 0.6) is 0 Å². The standard InChI is InChI=1S/C21H31N5O5S/c1-11-16-15(12(2)27)20(29)26(16)17(21(30)31)18(11)32-13-8-14(23(3)9-13)19(28)25-6-4-24(10-22)5-7-25/h10-16,22,27H,4-9H2,1-3H3,(H,30,31)/t11?,12?,13?,14?,15?,16-/m1/s1. The number of amides is 2. The fraction of sp³-hybridized carbons (Fsp3) is 0.714.